The van der Waals surface area contributed by atoms with Crippen LogP contribution < -0.4 is 0 Å². The van der Waals surface area contributed by atoms with E-state index in [9.17, 15) is 14.4 Å². The maximum atomic E-state index is 12.5. The minimum atomic E-state index is -0.888. The average molecular weight is 338 g/mol. The minimum absolute atomic E-state index is 0.138. The molecule has 0 radical (unpaired) electrons. The van der Waals surface area contributed by atoms with E-state index in [4.69, 9.17) is 14.2 Å². The predicted molar refractivity (Wildman–Crippen MR) is 81.4 cm³/mol. The summed E-state index contributed by atoms with van der Waals surface area (Å²) in [6.07, 6.45) is 5.82. The molecule has 0 unspecified atom stereocenters. The van der Waals surface area contributed by atoms with Crippen molar-refractivity contribution in [1.82, 2.24) is 9.80 Å². The van der Waals surface area contributed by atoms with Crippen LogP contribution in [0.5, 0.6) is 0 Å². The summed E-state index contributed by atoms with van der Waals surface area (Å²) < 4.78 is 15.0. The van der Waals surface area contributed by atoms with Crippen molar-refractivity contribution in [3.63, 3.8) is 0 Å². The van der Waals surface area contributed by atoms with Gasteiger partial charge in [0.1, 0.15) is 6.04 Å². The Hall–Kier alpha value is -2.25. The van der Waals surface area contributed by atoms with Gasteiger partial charge in [-0.3, -0.25) is 9.69 Å². The third kappa shape index (κ3) is 2.70. The van der Waals surface area contributed by atoms with Crippen LogP contribution >= 0.6 is 0 Å². The van der Waals surface area contributed by atoms with Crippen molar-refractivity contribution in [2.75, 3.05) is 14.2 Å². The van der Waals surface area contributed by atoms with Crippen LogP contribution in [0.15, 0.2) is 12.4 Å². The Bertz CT molecular complexity index is 557. The number of amides is 2. The zero-order valence-corrected chi connectivity index (χ0v) is 13.8. The van der Waals surface area contributed by atoms with E-state index in [1.807, 2.05) is 0 Å². The highest BCUT2D eigenvalue weighted by atomic mass is 16.6. The van der Waals surface area contributed by atoms with E-state index in [1.54, 1.807) is 0 Å². The highest BCUT2D eigenvalue weighted by Crippen LogP contribution is 2.42. The fraction of sp³-hybridized carbons (Fsp3) is 0.688. The molecule has 24 heavy (non-hydrogen) atoms. The number of carbonyl (C=O) groups excluding carboxylic acids is 3. The summed E-state index contributed by atoms with van der Waals surface area (Å²) in [4.78, 5) is 39.2. The molecule has 1 saturated carbocycles. The van der Waals surface area contributed by atoms with Gasteiger partial charge in [0.15, 0.2) is 0 Å². The zero-order valence-electron chi connectivity index (χ0n) is 13.8. The molecular formula is C16H22N2O6. The van der Waals surface area contributed by atoms with Crippen LogP contribution in [0.3, 0.4) is 0 Å². The monoisotopic (exact) mass is 338 g/mol. The number of fused-ring (bicyclic) bond motifs is 1. The van der Waals surface area contributed by atoms with Crippen molar-refractivity contribution < 1.29 is 28.6 Å². The molecule has 0 N–H and O–H groups in total. The molecule has 8 heteroatoms. The molecule has 3 atom stereocenters. The van der Waals surface area contributed by atoms with Crippen molar-refractivity contribution in [3.8, 4) is 0 Å². The predicted octanol–water partition coefficient (Wildman–Crippen LogP) is 2.06. The van der Waals surface area contributed by atoms with Crippen molar-refractivity contribution in [2.24, 2.45) is 11.8 Å². The summed E-state index contributed by atoms with van der Waals surface area (Å²) in [5.41, 5.74) is 0. The van der Waals surface area contributed by atoms with Gasteiger partial charge in [-0.05, 0) is 18.8 Å². The summed E-state index contributed by atoms with van der Waals surface area (Å²) in [7, 11) is 2.54. The number of esters is 1. The van der Waals surface area contributed by atoms with E-state index in [0.717, 1.165) is 32.1 Å². The summed E-state index contributed by atoms with van der Waals surface area (Å²) in [5, 5.41) is 0. The molecule has 0 bridgehead atoms. The Balaban J connectivity index is 1.94. The minimum Gasteiger partial charge on any atom is -0.452 e. The number of nitrogens with zero attached hydrogens (tertiary/aromatic N) is 2. The maximum absolute atomic E-state index is 12.5. The van der Waals surface area contributed by atoms with Crippen LogP contribution in [-0.4, -0.2) is 54.4 Å². The normalized spacial score (nSPS) is 29.9. The van der Waals surface area contributed by atoms with Crippen molar-refractivity contribution in [3.05, 3.63) is 12.4 Å². The van der Waals surface area contributed by atoms with E-state index in [-0.39, 0.29) is 11.9 Å². The quantitative estimate of drug-likeness (QED) is 0.537. The Morgan fingerprint density at radius 3 is 2.25 bits per heavy atom. The van der Waals surface area contributed by atoms with E-state index in [0.29, 0.717) is 0 Å². The second-order valence-corrected chi connectivity index (χ2v) is 6.29. The Morgan fingerprint density at radius 1 is 1.04 bits per heavy atom. The number of hydrogen-bond acceptors (Lipinski definition) is 6. The first-order valence-electron chi connectivity index (χ1n) is 8.20. The molecule has 0 aromatic carbocycles. The SMILES string of the molecule is COC(=O)N1C=CN(C(=O)OC)[C@@H]2OC(=O)[C@H](C3CCCCC3)[C@@H]21. The van der Waals surface area contributed by atoms with Gasteiger partial charge < -0.3 is 14.2 Å². The number of hydrogen-bond donors (Lipinski definition) is 0. The fourth-order valence-corrected chi connectivity index (χ4v) is 3.97. The largest absolute Gasteiger partial charge is 0.452 e. The molecule has 132 valence electrons. The molecule has 1 aliphatic carbocycles. The molecule has 2 fully saturated rings. The summed E-state index contributed by atoms with van der Waals surface area (Å²) in [6, 6.07) is -0.600. The van der Waals surface area contributed by atoms with Crippen LogP contribution in [0.1, 0.15) is 32.1 Å². The fourth-order valence-electron chi connectivity index (χ4n) is 3.97. The van der Waals surface area contributed by atoms with E-state index < -0.39 is 30.4 Å². The van der Waals surface area contributed by atoms with Gasteiger partial charge >= 0.3 is 18.2 Å². The lowest BCUT2D eigenvalue weighted by atomic mass is 9.76. The third-order valence-electron chi connectivity index (χ3n) is 5.08. The number of rotatable bonds is 1. The average Bonchev–Trinajstić information content (AvgIpc) is 2.97. The number of ether oxygens (including phenoxy) is 3. The lowest BCUT2D eigenvalue weighted by Crippen LogP contribution is -2.56. The van der Waals surface area contributed by atoms with Crippen LogP contribution in [0.2, 0.25) is 0 Å². The molecule has 1 saturated heterocycles. The third-order valence-corrected chi connectivity index (χ3v) is 5.08. The van der Waals surface area contributed by atoms with Crippen LogP contribution in [0.4, 0.5) is 9.59 Å². The van der Waals surface area contributed by atoms with E-state index in [2.05, 4.69) is 0 Å². The van der Waals surface area contributed by atoms with Gasteiger partial charge in [0.2, 0.25) is 6.23 Å². The molecule has 0 spiro atoms. The van der Waals surface area contributed by atoms with Crippen molar-refractivity contribution in [2.45, 2.75) is 44.4 Å². The molecule has 0 aromatic heterocycles. The smallest absolute Gasteiger partial charge is 0.416 e. The van der Waals surface area contributed by atoms with E-state index in [1.165, 1.54) is 36.4 Å². The lowest BCUT2D eigenvalue weighted by Gasteiger charge is -2.39. The second-order valence-electron chi connectivity index (χ2n) is 6.29. The summed E-state index contributed by atoms with van der Waals surface area (Å²) in [6.45, 7) is 0. The molecular weight excluding hydrogens is 316 g/mol. The van der Waals surface area contributed by atoms with Gasteiger partial charge in [0.05, 0.1) is 20.1 Å². The summed E-state index contributed by atoms with van der Waals surface area (Å²) >= 11 is 0. The molecule has 2 amide bonds. The Labute approximate surface area is 140 Å². The number of carbonyl (C=O) groups is 3. The van der Waals surface area contributed by atoms with Crippen LogP contribution in [-0.2, 0) is 19.0 Å². The summed E-state index contributed by atoms with van der Waals surface area (Å²) in [5.74, 6) is -0.700. The highest BCUT2D eigenvalue weighted by Gasteiger charge is 2.56. The highest BCUT2D eigenvalue weighted by molar-refractivity contribution is 5.81. The standard InChI is InChI=1S/C16H22N2O6/c1-22-15(20)17-8-9-18(16(21)23-2)13-12(17)11(14(19)24-13)10-6-4-3-5-7-10/h8-13H,3-7H2,1-2H3/t11-,12+,13-/m1/s1. The lowest BCUT2D eigenvalue weighted by molar-refractivity contribution is -0.149. The van der Waals surface area contributed by atoms with Crippen molar-refractivity contribution >= 4 is 18.2 Å². The van der Waals surface area contributed by atoms with Crippen molar-refractivity contribution in [1.29, 1.82) is 0 Å². The molecule has 2 aliphatic heterocycles. The maximum Gasteiger partial charge on any atom is 0.416 e. The van der Waals surface area contributed by atoms with Crippen LogP contribution in [0, 0.1) is 11.8 Å². The van der Waals surface area contributed by atoms with Gasteiger partial charge in [-0.1, -0.05) is 19.3 Å². The molecule has 8 nitrogen and oxygen atoms in total. The van der Waals surface area contributed by atoms with Gasteiger partial charge in [-0.15, -0.1) is 0 Å². The second kappa shape index (κ2) is 6.70. The first-order valence-corrected chi connectivity index (χ1v) is 8.20. The number of methoxy groups -OCH3 is 2. The van der Waals surface area contributed by atoms with Crippen LogP contribution in [0.25, 0.3) is 0 Å². The first kappa shape index (κ1) is 16.6. The van der Waals surface area contributed by atoms with Gasteiger partial charge in [0, 0.05) is 12.4 Å². The first-order chi connectivity index (χ1) is 11.6. The molecule has 3 rings (SSSR count). The van der Waals surface area contributed by atoms with Gasteiger partial charge in [-0.25, -0.2) is 14.5 Å². The topological polar surface area (TPSA) is 85.4 Å². The molecule has 3 aliphatic rings. The van der Waals surface area contributed by atoms with Gasteiger partial charge in [-0.2, -0.15) is 0 Å². The Kier molecular flexibility index (Phi) is 4.64. The van der Waals surface area contributed by atoms with E-state index >= 15 is 0 Å². The van der Waals surface area contributed by atoms with Gasteiger partial charge in [0.25, 0.3) is 0 Å². The molecule has 2 heterocycles. The molecule has 0 aromatic rings. The zero-order chi connectivity index (χ0) is 17.3. The Morgan fingerprint density at radius 2 is 1.62 bits per heavy atom.